The van der Waals surface area contributed by atoms with Gasteiger partial charge in [-0.05, 0) is 20.8 Å². The number of carbonyl (C=O) groups is 1. The molecule has 1 heterocycles. The molecule has 0 N–H and O–H groups in total. The molecule has 0 atom stereocenters. The molecule has 1 rings (SSSR count). The molecule has 0 aromatic rings. The largest absolute Gasteiger partial charge is 0.444 e. The van der Waals surface area contributed by atoms with Gasteiger partial charge in [0.1, 0.15) is 5.60 Å². The van der Waals surface area contributed by atoms with E-state index in [1.165, 1.54) is 9.80 Å². The third kappa shape index (κ3) is 7.25. The zero-order chi connectivity index (χ0) is 14.0. The van der Waals surface area contributed by atoms with E-state index in [4.69, 9.17) is 4.74 Å². The van der Waals surface area contributed by atoms with Gasteiger partial charge in [0.25, 0.3) is 0 Å². The highest BCUT2D eigenvalue weighted by Crippen LogP contribution is 2.18. The molecule has 0 radical (unpaired) electrons. The minimum Gasteiger partial charge on any atom is -0.444 e. The summed E-state index contributed by atoms with van der Waals surface area (Å²) in [6, 6.07) is 0. The van der Waals surface area contributed by atoms with Crippen LogP contribution in [0.15, 0.2) is 0 Å². The van der Waals surface area contributed by atoms with E-state index in [1.54, 1.807) is 20.8 Å². The fourth-order valence-corrected chi connectivity index (χ4v) is 1.67. The second-order valence-corrected chi connectivity index (χ2v) is 5.36. The molecular formula is C12H23F3N2O2. The number of hydrogen-bond donors (Lipinski definition) is 0. The Hall–Kier alpha value is -0.980. The second kappa shape index (κ2) is 6.45. The lowest BCUT2D eigenvalue weighted by atomic mass is 10.2. The van der Waals surface area contributed by atoms with E-state index in [0.29, 0.717) is 0 Å². The summed E-state index contributed by atoms with van der Waals surface area (Å²) in [5.41, 5.74) is -0.583. The zero-order valence-electron chi connectivity index (χ0n) is 10.9. The molecule has 1 amide bonds. The van der Waals surface area contributed by atoms with E-state index in [1.807, 2.05) is 0 Å². The van der Waals surface area contributed by atoms with Gasteiger partial charge in [0.05, 0.1) is 6.54 Å². The zero-order valence-corrected chi connectivity index (χ0v) is 10.9. The van der Waals surface area contributed by atoms with Crippen LogP contribution < -0.4 is 0 Å². The minimum atomic E-state index is -4.19. The molecule has 0 bridgehead atoms. The number of alkyl halides is 3. The van der Waals surface area contributed by atoms with Crippen LogP contribution in [0.5, 0.6) is 0 Å². The number of hydrogen-bond acceptors (Lipinski definition) is 3. The number of ether oxygens (including phenoxy) is 1. The lowest BCUT2D eigenvalue weighted by Gasteiger charge is -2.35. The van der Waals surface area contributed by atoms with Gasteiger partial charge >= 0.3 is 12.3 Å². The fourth-order valence-electron chi connectivity index (χ4n) is 1.67. The summed E-state index contributed by atoms with van der Waals surface area (Å²) in [5.74, 6) is 0. The van der Waals surface area contributed by atoms with Gasteiger partial charge in [-0.2, -0.15) is 13.2 Å². The van der Waals surface area contributed by atoms with Crippen molar-refractivity contribution in [2.45, 2.75) is 40.0 Å². The van der Waals surface area contributed by atoms with E-state index in [9.17, 15) is 18.0 Å². The third-order valence-corrected chi connectivity index (χ3v) is 2.43. The molecular weight excluding hydrogens is 261 g/mol. The van der Waals surface area contributed by atoms with E-state index in [2.05, 4.69) is 0 Å². The van der Waals surface area contributed by atoms with E-state index in [0.717, 1.165) is 0 Å². The first-order valence-corrected chi connectivity index (χ1v) is 5.84. The molecule has 0 spiro atoms. The second-order valence-electron chi connectivity index (χ2n) is 5.36. The molecule has 4 nitrogen and oxygen atoms in total. The minimum absolute atomic E-state index is 0. The Bertz CT molecular complexity index is 292. The molecule has 114 valence electrons. The maximum atomic E-state index is 12.2. The molecule has 0 unspecified atom stereocenters. The Morgan fingerprint density at radius 3 is 1.95 bits per heavy atom. The lowest BCUT2D eigenvalue weighted by Crippen LogP contribution is -2.51. The number of piperazine rings is 1. The van der Waals surface area contributed by atoms with Crippen molar-refractivity contribution in [1.29, 1.82) is 0 Å². The molecule has 0 aromatic carbocycles. The molecule has 1 saturated heterocycles. The summed E-state index contributed by atoms with van der Waals surface area (Å²) >= 11 is 0. The maximum Gasteiger partial charge on any atom is 0.410 e. The summed E-state index contributed by atoms with van der Waals surface area (Å²) in [5, 5.41) is 0. The average molecular weight is 284 g/mol. The van der Waals surface area contributed by atoms with Crippen molar-refractivity contribution in [1.82, 2.24) is 9.80 Å². The van der Waals surface area contributed by atoms with Crippen LogP contribution in [0, 0.1) is 0 Å². The first-order valence-electron chi connectivity index (χ1n) is 5.84. The van der Waals surface area contributed by atoms with Gasteiger partial charge in [0.2, 0.25) is 0 Å². The molecule has 0 saturated carbocycles. The van der Waals surface area contributed by atoms with Crippen LogP contribution in [-0.4, -0.2) is 60.4 Å². The highest BCUT2D eigenvalue weighted by molar-refractivity contribution is 5.68. The van der Waals surface area contributed by atoms with Crippen LogP contribution in [0.1, 0.15) is 28.2 Å². The third-order valence-electron chi connectivity index (χ3n) is 2.43. The van der Waals surface area contributed by atoms with Crippen molar-refractivity contribution in [3.63, 3.8) is 0 Å². The van der Waals surface area contributed by atoms with Gasteiger partial charge in [-0.3, -0.25) is 4.90 Å². The Balaban J connectivity index is 0.00000324. The number of halogens is 3. The van der Waals surface area contributed by atoms with Gasteiger partial charge in [0, 0.05) is 26.2 Å². The summed E-state index contributed by atoms with van der Waals surface area (Å²) in [6.07, 6.45) is -4.65. The van der Waals surface area contributed by atoms with Crippen molar-refractivity contribution in [2.75, 3.05) is 32.7 Å². The average Bonchev–Trinajstić information content (AvgIpc) is 2.13. The molecule has 19 heavy (non-hydrogen) atoms. The number of amides is 1. The quantitative estimate of drug-likeness (QED) is 0.742. The Morgan fingerprint density at radius 1 is 1.11 bits per heavy atom. The van der Waals surface area contributed by atoms with Crippen LogP contribution in [0.3, 0.4) is 0 Å². The van der Waals surface area contributed by atoms with Gasteiger partial charge in [-0.15, -0.1) is 0 Å². The topological polar surface area (TPSA) is 32.8 Å². The van der Waals surface area contributed by atoms with Crippen LogP contribution in [0.2, 0.25) is 0 Å². The lowest BCUT2D eigenvalue weighted by molar-refractivity contribution is -0.148. The normalized spacial score (nSPS) is 17.9. The maximum absolute atomic E-state index is 12.2. The Labute approximate surface area is 112 Å². The summed E-state index contributed by atoms with van der Waals surface area (Å²) in [7, 11) is 0. The predicted octanol–water partition coefficient (Wildman–Crippen LogP) is 2.74. The first-order chi connectivity index (χ1) is 8.07. The van der Waals surface area contributed by atoms with Crippen LogP contribution in [0.25, 0.3) is 0 Å². The molecule has 1 aliphatic rings. The molecule has 0 aliphatic carbocycles. The summed E-state index contributed by atoms with van der Waals surface area (Å²) < 4.78 is 41.7. The van der Waals surface area contributed by atoms with Crippen LogP contribution in [-0.2, 0) is 4.74 Å². The predicted molar refractivity (Wildman–Crippen MR) is 67.0 cm³/mol. The highest BCUT2D eigenvalue weighted by atomic mass is 19.4. The highest BCUT2D eigenvalue weighted by Gasteiger charge is 2.33. The van der Waals surface area contributed by atoms with Crippen molar-refractivity contribution in [3.05, 3.63) is 0 Å². The number of carbonyl (C=O) groups excluding carboxylic acids is 1. The first kappa shape index (κ1) is 18.0. The molecule has 1 aliphatic heterocycles. The molecule has 0 aromatic heterocycles. The van der Waals surface area contributed by atoms with Gasteiger partial charge in [0.15, 0.2) is 0 Å². The standard InChI is InChI=1S/C11H19F3N2O2.CH4/c1-10(2,3)18-9(17)16-6-4-15(5-7-16)8-11(12,13)14;/h4-8H2,1-3H3;1H4. The SMILES string of the molecule is C.CC(C)(C)OC(=O)N1CCN(CC(F)(F)F)CC1. The Morgan fingerprint density at radius 2 is 1.58 bits per heavy atom. The van der Waals surface area contributed by atoms with Gasteiger partial charge in [-0.25, -0.2) is 4.79 Å². The summed E-state index contributed by atoms with van der Waals surface area (Å²) in [4.78, 5) is 14.4. The van der Waals surface area contributed by atoms with Crippen LogP contribution >= 0.6 is 0 Å². The van der Waals surface area contributed by atoms with Crippen molar-refractivity contribution in [2.24, 2.45) is 0 Å². The van der Waals surface area contributed by atoms with Gasteiger partial charge < -0.3 is 9.64 Å². The van der Waals surface area contributed by atoms with Crippen molar-refractivity contribution < 1.29 is 22.7 Å². The summed E-state index contributed by atoms with van der Waals surface area (Å²) in [6.45, 7) is 5.32. The number of rotatable bonds is 1. The fraction of sp³-hybridized carbons (Fsp3) is 0.917. The Kier molecular flexibility index (Phi) is 6.12. The molecule has 1 fully saturated rings. The van der Waals surface area contributed by atoms with E-state index < -0.39 is 24.4 Å². The van der Waals surface area contributed by atoms with E-state index in [-0.39, 0.29) is 33.6 Å². The van der Waals surface area contributed by atoms with Crippen LogP contribution in [0.4, 0.5) is 18.0 Å². The van der Waals surface area contributed by atoms with Crippen molar-refractivity contribution >= 4 is 6.09 Å². The number of nitrogens with zero attached hydrogens (tertiary/aromatic N) is 2. The van der Waals surface area contributed by atoms with Gasteiger partial charge in [-0.1, -0.05) is 7.43 Å². The smallest absolute Gasteiger partial charge is 0.410 e. The van der Waals surface area contributed by atoms with E-state index >= 15 is 0 Å². The monoisotopic (exact) mass is 284 g/mol. The molecule has 7 heteroatoms. The van der Waals surface area contributed by atoms with Crippen molar-refractivity contribution in [3.8, 4) is 0 Å².